The third kappa shape index (κ3) is 5.63. The highest BCUT2D eigenvalue weighted by Gasteiger charge is 2.21. The topological polar surface area (TPSA) is 63.4 Å². The van der Waals surface area contributed by atoms with Gasteiger partial charge in [-0.05, 0) is 36.2 Å². The van der Waals surface area contributed by atoms with Crippen molar-refractivity contribution in [3.8, 4) is 0 Å². The Labute approximate surface area is 125 Å². The van der Waals surface area contributed by atoms with Crippen LogP contribution in [-0.4, -0.2) is 36.7 Å². The van der Waals surface area contributed by atoms with Gasteiger partial charge < -0.3 is 10.6 Å². The minimum Gasteiger partial charge on any atom is -0.345 e. The molecule has 1 amide bonds. The zero-order chi connectivity index (χ0) is 16.0. The second-order valence-corrected chi connectivity index (χ2v) is 6.05. The van der Waals surface area contributed by atoms with Gasteiger partial charge in [-0.3, -0.25) is 9.59 Å². The lowest BCUT2D eigenvalue weighted by Gasteiger charge is -2.29. The Hall–Kier alpha value is -1.75. The average molecular weight is 294 g/mol. The fourth-order valence-corrected chi connectivity index (χ4v) is 1.99. The van der Waals surface area contributed by atoms with E-state index in [1.807, 2.05) is 13.8 Å². The molecule has 0 spiro atoms. The van der Waals surface area contributed by atoms with Gasteiger partial charge in [0.1, 0.15) is 5.82 Å². The molecule has 0 radical (unpaired) electrons. The molecule has 5 heteroatoms. The quantitative estimate of drug-likeness (QED) is 0.784. The van der Waals surface area contributed by atoms with Crippen LogP contribution >= 0.6 is 0 Å². The van der Waals surface area contributed by atoms with Crippen molar-refractivity contribution in [1.29, 1.82) is 0 Å². The van der Waals surface area contributed by atoms with E-state index >= 15 is 0 Å². The summed E-state index contributed by atoms with van der Waals surface area (Å²) in [6.45, 7) is 5.01. The van der Waals surface area contributed by atoms with Gasteiger partial charge in [0, 0.05) is 32.0 Å². The molecule has 0 saturated heterocycles. The van der Waals surface area contributed by atoms with Gasteiger partial charge in [-0.15, -0.1) is 0 Å². The Morgan fingerprint density at radius 3 is 2.29 bits per heavy atom. The van der Waals surface area contributed by atoms with Crippen LogP contribution in [-0.2, 0) is 4.79 Å². The molecule has 1 aromatic carbocycles. The minimum atomic E-state index is -0.383. The Morgan fingerprint density at radius 2 is 1.76 bits per heavy atom. The number of nitrogens with two attached hydrogens (primary N) is 1. The van der Waals surface area contributed by atoms with E-state index in [9.17, 15) is 14.0 Å². The van der Waals surface area contributed by atoms with Crippen LogP contribution in [0.5, 0.6) is 0 Å². The molecule has 0 heterocycles. The second kappa shape index (κ2) is 7.31. The molecule has 0 aliphatic heterocycles. The van der Waals surface area contributed by atoms with Crippen LogP contribution in [0.4, 0.5) is 4.39 Å². The number of rotatable bonds is 7. The largest absolute Gasteiger partial charge is 0.345 e. The summed E-state index contributed by atoms with van der Waals surface area (Å²) in [5.74, 6) is -0.631. The molecule has 0 bridgehead atoms. The minimum absolute atomic E-state index is 0.0908. The fourth-order valence-electron chi connectivity index (χ4n) is 1.99. The van der Waals surface area contributed by atoms with Crippen molar-refractivity contribution < 1.29 is 14.0 Å². The second-order valence-electron chi connectivity index (χ2n) is 6.05. The van der Waals surface area contributed by atoms with Crippen molar-refractivity contribution in [3.05, 3.63) is 35.6 Å². The number of ketones is 1. The first-order valence-electron chi connectivity index (χ1n) is 6.98. The highest BCUT2D eigenvalue weighted by atomic mass is 19.1. The lowest BCUT2D eigenvalue weighted by molar-refractivity contribution is -0.131. The first-order valence-corrected chi connectivity index (χ1v) is 6.98. The van der Waals surface area contributed by atoms with Crippen LogP contribution in [0.25, 0.3) is 0 Å². The molecule has 4 nitrogen and oxygen atoms in total. The van der Waals surface area contributed by atoms with Gasteiger partial charge >= 0.3 is 0 Å². The molecule has 0 atom stereocenters. The molecule has 1 rings (SSSR count). The van der Waals surface area contributed by atoms with Crippen molar-refractivity contribution in [2.75, 3.05) is 20.1 Å². The van der Waals surface area contributed by atoms with Crippen molar-refractivity contribution in [1.82, 2.24) is 4.90 Å². The Kier molecular flexibility index (Phi) is 6.03. The van der Waals surface area contributed by atoms with Crippen LogP contribution in [0.1, 0.15) is 37.0 Å². The summed E-state index contributed by atoms with van der Waals surface area (Å²) in [7, 11) is 1.71. The van der Waals surface area contributed by atoms with E-state index in [0.29, 0.717) is 18.7 Å². The summed E-state index contributed by atoms with van der Waals surface area (Å²) in [5, 5.41) is 0. The summed E-state index contributed by atoms with van der Waals surface area (Å²) in [6, 6.07) is 5.35. The highest BCUT2D eigenvalue weighted by Crippen LogP contribution is 2.15. The summed E-state index contributed by atoms with van der Waals surface area (Å²) in [6.07, 6.45) is 0.269. The Bertz CT molecular complexity index is 498. The highest BCUT2D eigenvalue weighted by molar-refractivity contribution is 5.97. The number of hydrogen-bond donors (Lipinski definition) is 1. The predicted octanol–water partition coefficient (Wildman–Crippen LogP) is 2.23. The van der Waals surface area contributed by atoms with E-state index in [0.717, 1.165) is 0 Å². The van der Waals surface area contributed by atoms with E-state index in [2.05, 4.69) is 0 Å². The molecule has 0 aliphatic carbocycles. The lowest BCUT2D eigenvalue weighted by atomic mass is 9.93. The van der Waals surface area contributed by atoms with E-state index in [1.54, 1.807) is 11.9 Å². The van der Waals surface area contributed by atoms with Crippen LogP contribution < -0.4 is 5.73 Å². The maximum Gasteiger partial charge on any atom is 0.222 e. The number of Topliss-reactive ketones (excluding diaryl/α,β-unsaturated/α-hetero) is 1. The maximum atomic E-state index is 12.8. The van der Waals surface area contributed by atoms with E-state index < -0.39 is 0 Å². The molecule has 0 fully saturated rings. The van der Waals surface area contributed by atoms with Gasteiger partial charge in [0.15, 0.2) is 5.78 Å². The molecular formula is C16H23FN2O2. The molecule has 0 aliphatic rings. The Morgan fingerprint density at radius 1 is 1.19 bits per heavy atom. The van der Waals surface area contributed by atoms with Gasteiger partial charge in [-0.25, -0.2) is 4.39 Å². The van der Waals surface area contributed by atoms with Crippen LogP contribution in [0.3, 0.4) is 0 Å². The first kappa shape index (κ1) is 17.3. The monoisotopic (exact) mass is 294 g/mol. The number of halogens is 1. The molecule has 0 saturated carbocycles. The number of carbonyl (C=O) groups excluding carboxylic acids is 2. The molecule has 2 N–H and O–H groups in total. The van der Waals surface area contributed by atoms with Crippen LogP contribution in [0, 0.1) is 11.2 Å². The van der Waals surface area contributed by atoms with E-state index in [-0.39, 0.29) is 35.8 Å². The van der Waals surface area contributed by atoms with Gasteiger partial charge in [0.05, 0.1) is 0 Å². The number of carbonyl (C=O) groups is 2. The van der Waals surface area contributed by atoms with Crippen LogP contribution in [0.15, 0.2) is 24.3 Å². The van der Waals surface area contributed by atoms with Crippen molar-refractivity contribution in [2.24, 2.45) is 11.1 Å². The third-order valence-corrected chi connectivity index (χ3v) is 3.38. The summed E-state index contributed by atoms with van der Waals surface area (Å²) in [5.41, 5.74) is 5.92. The van der Waals surface area contributed by atoms with Crippen molar-refractivity contribution in [2.45, 2.75) is 26.7 Å². The van der Waals surface area contributed by atoms with Gasteiger partial charge in [-0.2, -0.15) is 0 Å². The molecule has 116 valence electrons. The fraction of sp³-hybridized carbons (Fsp3) is 0.500. The predicted molar refractivity (Wildman–Crippen MR) is 80.4 cm³/mol. The smallest absolute Gasteiger partial charge is 0.222 e. The van der Waals surface area contributed by atoms with Gasteiger partial charge in [0.2, 0.25) is 5.91 Å². The standard InChI is InChI=1S/C16H23FN2O2/c1-16(2,10-18)11-19(3)15(21)9-8-14(20)12-4-6-13(17)7-5-12/h4-7H,8-11,18H2,1-3H3. The summed E-state index contributed by atoms with van der Waals surface area (Å²) < 4.78 is 12.8. The van der Waals surface area contributed by atoms with E-state index in [4.69, 9.17) is 5.73 Å². The van der Waals surface area contributed by atoms with E-state index in [1.165, 1.54) is 24.3 Å². The first-order chi connectivity index (χ1) is 9.75. The van der Waals surface area contributed by atoms with Crippen molar-refractivity contribution >= 4 is 11.7 Å². The van der Waals surface area contributed by atoms with Crippen molar-refractivity contribution in [3.63, 3.8) is 0 Å². The molecule has 21 heavy (non-hydrogen) atoms. The number of benzene rings is 1. The number of nitrogens with zero attached hydrogens (tertiary/aromatic N) is 1. The maximum absolute atomic E-state index is 12.8. The third-order valence-electron chi connectivity index (χ3n) is 3.38. The zero-order valence-corrected chi connectivity index (χ0v) is 12.9. The number of amides is 1. The molecule has 0 unspecified atom stereocenters. The molecular weight excluding hydrogens is 271 g/mol. The van der Waals surface area contributed by atoms with Gasteiger partial charge in [-0.1, -0.05) is 13.8 Å². The van der Waals surface area contributed by atoms with Gasteiger partial charge in [0.25, 0.3) is 0 Å². The zero-order valence-electron chi connectivity index (χ0n) is 12.9. The summed E-state index contributed by atoms with van der Waals surface area (Å²) >= 11 is 0. The van der Waals surface area contributed by atoms with Crippen LogP contribution in [0.2, 0.25) is 0 Å². The normalized spacial score (nSPS) is 11.3. The molecule has 0 aromatic heterocycles. The Balaban J connectivity index is 2.49. The summed E-state index contributed by atoms with van der Waals surface area (Å²) in [4.78, 5) is 25.5. The molecule has 1 aromatic rings. The lowest BCUT2D eigenvalue weighted by Crippen LogP contribution is -2.39. The SMILES string of the molecule is CN(CC(C)(C)CN)C(=O)CCC(=O)c1ccc(F)cc1. The number of hydrogen-bond acceptors (Lipinski definition) is 3. The average Bonchev–Trinajstić information content (AvgIpc) is 2.44.